The first kappa shape index (κ1) is 10.7. The fraction of sp³-hybridized carbons (Fsp3) is 0.0909. The molecule has 0 unspecified atom stereocenters. The predicted octanol–water partition coefficient (Wildman–Crippen LogP) is 2.03. The maximum Gasteiger partial charge on any atom is 0.0568 e. The summed E-state index contributed by atoms with van der Waals surface area (Å²) in [6, 6.07) is 0. The van der Waals surface area contributed by atoms with Crippen LogP contribution in [0.3, 0.4) is 0 Å². The van der Waals surface area contributed by atoms with Crippen molar-refractivity contribution in [3.63, 3.8) is 0 Å². The summed E-state index contributed by atoms with van der Waals surface area (Å²) in [6.45, 7) is 3.96. The SMILES string of the molecule is C=C1C(Cl)=C/C=N\N/C=C\1c1cnn(C)c1. The molecular formula is C11H11ClN4. The van der Waals surface area contributed by atoms with Crippen LogP contribution in [-0.2, 0) is 7.05 Å². The number of hydrogen-bond donors (Lipinski definition) is 1. The van der Waals surface area contributed by atoms with Crippen LogP contribution in [0.25, 0.3) is 5.57 Å². The first-order valence-corrected chi connectivity index (χ1v) is 5.09. The molecule has 1 aromatic heterocycles. The van der Waals surface area contributed by atoms with Gasteiger partial charge in [-0.2, -0.15) is 10.2 Å². The molecule has 0 aromatic carbocycles. The zero-order valence-corrected chi connectivity index (χ0v) is 9.57. The number of allylic oxidation sites excluding steroid dienone is 4. The third-order valence-electron chi connectivity index (χ3n) is 2.21. The molecule has 1 N–H and O–H groups in total. The fourth-order valence-corrected chi connectivity index (χ4v) is 1.54. The summed E-state index contributed by atoms with van der Waals surface area (Å²) in [4.78, 5) is 0. The van der Waals surface area contributed by atoms with Gasteiger partial charge in [0.1, 0.15) is 0 Å². The molecule has 1 aliphatic rings. The Kier molecular flexibility index (Phi) is 2.92. The van der Waals surface area contributed by atoms with E-state index >= 15 is 0 Å². The second-order valence-corrected chi connectivity index (χ2v) is 3.77. The molecule has 0 amide bonds. The molecule has 82 valence electrons. The van der Waals surface area contributed by atoms with E-state index in [0.717, 1.165) is 16.7 Å². The zero-order chi connectivity index (χ0) is 11.5. The van der Waals surface area contributed by atoms with Crippen molar-refractivity contribution in [2.75, 3.05) is 0 Å². The number of halogens is 1. The largest absolute Gasteiger partial charge is 0.285 e. The van der Waals surface area contributed by atoms with E-state index < -0.39 is 0 Å². The number of aromatic nitrogens is 2. The van der Waals surface area contributed by atoms with E-state index in [4.69, 9.17) is 11.6 Å². The van der Waals surface area contributed by atoms with Crippen molar-refractivity contribution < 1.29 is 0 Å². The van der Waals surface area contributed by atoms with Gasteiger partial charge in [0, 0.05) is 41.8 Å². The first-order chi connectivity index (χ1) is 7.68. The highest BCUT2D eigenvalue weighted by Crippen LogP contribution is 2.28. The van der Waals surface area contributed by atoms with Crippen molar-refractivity contribution in [1.82, 2.24) is 15.2 Å². The molecule has 0 saturated carbocycles. The molecule has 4 nitrogen and oxygen atoms in total. The van der Waals surface area contributed by atoms with Crippen LogP contribution in [0.5, 0.6) is 0 Å². The van der Waals surface area contributed by atoms with Gasteiger partial charge in [-0.15, -0.1) is 0 Å². The lowest BCUT2D eigenvalue weighted by molar-refractivity contribution is 0.767. The molecule has 2 rings (SSSR count). The Balaban J connectivity index is 2.43. The lowest BCUT2D eigenvalue weighted by atomic mass is 10.0. The van der Waals surface area contributed by atoms with Gasteiger partial charge in [-0.05, 0) is 11.6 Å². The van der Waals surface area contributed by atoms with Crippen LogP contribution in [0.4, 0.5) is 0 Å². The van der Waals surface area contributed by atoms with Gasteiger partial charge in [0.05, 0.1) is 6.20 Å². The van der Waals surface area contributed by atoms with E-state index in [9.17, 15) is 0 Å². The standard InChI is InChI=1S/C11H11ClN4/c1-8-10(9-5-15-16(2)7-9)6-14-13-4-3-11(8)12/h3-7,14H,1H2,2H3/b10-6+,11-3?,13-4-. The molecule has 0 radical (unpaired) electrons. The minimum absolute atomic E-state index is 0.570. The zero-order valence-electron chi connectivity index (χ0n) is 8.81. The van der Waals surface area contributed by atoms with Crippen molar-refractivity contribution >= 4 is 23.4 Å². The molecule has 0 fully saturated rings. The van der Waals surface area contributed by atoms with Crippen LogP contribution in [-0.4, -0.2) is 16.0 Å². The van der Waals surface area contributed by atoms with Crippen molar-refractivity contribution in [2.45, 2.75) is 0 Å². The predicted molar refractivity (Wildman–Crippen MR) is 65.9 cm³/mol. The van der Waals surface area contributed by atoms with E-state index in [1.54, 1.807) is 29.4 Å². The maximum absolute atomic E-state index is 6.07. The first-order valence-electron chi connectivity index (χ1n) is 4.71. The highest BCUT2D eigenvalue weighted by atomic mass is 35.5. The van der Waals surface area contributed by atoms with Crippen LogP contribution in [0.15, 0.2) is 47.0 Å². The Hall–Kier alpha value is -1.81. The number of nitrogens with zero attached hydrogens (tertiary/aromatic N) is 3. The summed E-state index contributed by atoms with van der Waals surface area (Å²) >= 11 is 6.07. The number of aryl methyl sites for hydroxylation is 1. The van der Waals surface area contributed by atoms with E-state index in [1.807, 2.05) is 13.2 Å². The molecule has 5 heteroatoms. The smallest absolute Gasteiger partial charge is 0.0568 e. The normalized spacial score (nSPS) is 21.2. The van der Waals surface area contributed by atoms with E-state index in [1.165, 1.54) is 0 Å². The van der Waals surface area contributed by atoms with Gasteiger partial charge in [-0.1, -0.05) is 18.2 Å². The van der Waals surface area contributed by atoms with Crippen molar-refractivity contribution in [2.24, 2.45) is 12.1 Å². The van der Waals surface area contributed by atoms with Gasteiger partial charge < -0.3 is 0 Å². The van der Waals surface area contributed by atoms with Gasteiger partial charge in [0.15, 0.2) is 0 Å². The van der Waals surface area contributed by atoms with Crippen LogP contribution >= 0.6 is 11.6 Å². The van der Waals surface area contributed by atoms with E-state index in [0.29, 0.717) is 5.03 Å². The minimum Gasteiger partial charge on any atom is -0.285 e. The summed E-state index contributed by atoms with van der Waals surface area (Å²) in [7, 11) is 1.86. The Bertz CT molecular complexity index is 508. The van der Waals surface area contributed by atoms with Crippen LogP contribution < -0.4 is 5.43 Å². The third kappa shape index (κ3) is 2.06. The van der Waals surface area contributed by atoms with Crippen LogP contribution in [0.1, 0.15) is 5.56 Å². The molecule has 2 heterocycles. The Labute approximate surface area is 98.6 Å². The number of hydrazone groups is 1. The van der Waals surface area contributed by atoms with Gasteiger partial charge in [0.25, 0.3) is 0 Å². The summed E-state index contributed by atoms with van der Waals surface area (Å²) in [5.41, 5.74) is 5.37. The van der Waals surface area contributed by atoms with Gasteiger partial charge >= 0.3 is 0 Å². The average Bonchev–Trinajstić information content (AvgIpc) is 2.66. The molecule has 0 spiro atoms. The monoisotopic (exact) mass is 234 g/mol. The maximum atomic E-state index is 6.07. The Morgan fingerprint density at radius 1 is 1.50 bits per heavy atom. The number of rotatable bonds is 1. The third-order valence-corrected chi connectivity index (χ3v) is 2.56. The second kappa shape index (κ2) is 4.37. The van der Waals surface area contributed by atoms with E-state index in [-0.39, 0.29) is 0 Å². The summed E-state index contributed by atoms with van der Waals surface area (Å²) in [6.07, 6.45) is 8.69. The average molecular weight is 235 g/mol. The summed E-state index contributed by atoms with van der Waals surface area (Å²) in [5.74, 6) is 0. The lowest BCUT2D eigenvalue weighted by Gasteiger charge is -2.09. The highest BCUT2D eigenvalue weighted by molar-refractivity contribution is 6.34. The van der Waals surface area contributed by atoms with E-state index in [2.05, 4.69) is 22.2 Å². The molecule has 1 aliphatic heterocycles. The molecule has 1 aromatic rings. The van der Waals surface area contributed by atoms with Crippen molar-refractivity contribution in [3.05, 3.63) is 47.4 Å². The highest BCUT2D eigenvalue weighted by Gasteiger charge is 2.11. The van der Waals surface area contributed by atoms with Crippen molar-refractivity contribution in [3.8, 4) is 0 Å². The van der Waals surface area contributed by atoms with Gasteiger partial charge in [-0.3, -0.25) is 10.1 Å². The number of hydrogen-bond acceptors (Lipinski definition) is 3. The van der Waals surface area contributed by atoms with Crippen molar-refractivity contribution in [1.29, 1.82) is 0 Å². The Morgan fingerprint density at radius 3 is 3.00 bits per heavy atom. The molecule has 0 aliphatic carbocycles. The fourth-order valence-electron chi connectivity index (χ4n) is 1.38. The molecule has 0 bridgehead atoms. The van der Waals surface area contributed by atoms with Gasteiger partial charge in [0.2, 0.25) is 0 Å². The minimum atomic E-state index is 0.570. The second-order valence-electron chi connectivity index (χ2n) is 3.36. The summed E-state index contributed by atoms with van der Waals surface area (Å²) in [5, 5.41) is 8.60. The quantitative estimate of drug-likeness (QED) is 0.808. The summed E-state index contributed by atoms with van der Waals surface area (Å²) < 4.78 is 1.73. The number of nitrogens with one attached hydrogen (secondary N) is 1. The molecule has 0 atom stereocenters. The molecule has 0 saturated heterocycles. The Morgan fingerprint density at radius 2 is 2.31 bits per heavy atom. The molecular weight excluding hydrogens is 224 g/mol. The van der Waals surface area contributed by atoms with Gasteiger partial charge in [-0.25, -0.2) is 0 Å². The van der Waals surface area contributed by atoms with Crippen LogP contribution in [0, 0.1) is 0 Å². The lowest BCUT2D eigenvalue weighted by Crippen LogP contribution is -2.01. The van der Waals surface area contributed by atoms with Crippen LogP contribution in [0.2, 0.25) is 0 Å². The molecule has 16 heavy (non-hydrogen) atoms. The topological polar surface area (TPSA) is 42.2 Å².